The van der Waals surface area contributed by atoms with Crippen LogP contribution in [-0.2, 0) is 14.9 Å². The predicted octanol–water partition coefficient (Wildman–Crippen LogP) is 0.761. The zero-order valence-electron chi connectivity index (χ0n) is 13.5. The Morgan fingerprint density at radius 3 is 2.32 bits per heavy atom. The summed E-state index contributed by atoms with van der Waals surface area (Å²) >= 11 is 0. The van der Waals surface area contributed by atoms with Gasteiger partial charge in [-0.25, -0.2) is 0 Å². The largest absolute Gasteiger partial charge is 0.381 e. The van der Waals surface area contributed by atoms with Crippen LogP contribution in [0.4, 0.5) is 0 Å². The highest BCUT2D eigenvalue weighted by atomic mass is 32.2. The Labute approximate surface area is 134 Å². The van der Waals surface area contributed by atoms with Crippen molar-refractivity contribution in [3.63, 3.8) is 0 Å². The molecule has 0 radical (unpaired) electrons. The van der Waals surface area contributed by atoms with Crippen molar-refractivity contribution in [2.75, 3.05) is 59.0 Å². The Morgan fingerprint density at radius 1 is 0.864 bits per heavy atom. The molecule has 3 fully saturated rings. The molecule has 7 heteroatoms. The molecule has 128 valence electrons. The maximum absolute atomic E-state index is 12.8. The lowest BCUT2D eigenvalue weighted by Crippen LogP contribution is -2.47. The van der Waals surface area contributed by atoms with Crippen LogP contribution >= 0.6 is 0 Å². The van der Waals surface area contributed by atoms with Gasteiger partial charge in [-0.15, -0.1) is 0 Å². The van der Waals surface area contributed by atoms with Crippen molar-refractivity contribution in [3.8, 4) is 0 Å². The Hall–Kier alpha value is -0.210. The minimum atomic E-state index is -3.24. The van der Waals surface area contributed by atoms with E-state index in [-0.39, 0.29) is 0 Å². The van der Waals surface area contributed by atoms with Crippen LogP contribution in [-0.4, -0.2) is 81.0 Å². The second-order valence-corrected chi connectivity index (χ2v) is 8.68. The van der Waals surface area contributed by atoms with Gasteiger partial charge in [0.15, 0.2) is 0 Å². The van der Waals surface area contributed by atoms with Crippen molar-refractivity contribution in [3.05, 3.63) is 0 Å². The number of hydrogen-bond acceptors (Lipinski definition) is 4. The van der Waals surface area contributed by atoms with Gasteiger partial charge in [-0.3, -0.25) is 0 Å². The standard InChI is InChI=1S/C15H29N3O3S/c19-22(20,17-7-2-1-3-8-17)18-9-4-6-16(10-11-18)13-15-5-12-21-14-15/h15H,1-14H2. The molecule has 3 aliphatic rings. The van der Waals surface area contributed by atoms with Crippen LogP contribution in [0.1, 0.15) is 32.1 Å². The summed E-state index contributed by atoms with van der Waals surface area (Å²) in [5.41, 5.74) is 0. The van der Waals surface area contributed by atoms with E-state index < -0.39 is 10.2 Å². The summed E-state index contributed by atoms with van der Waals surface area (Å²) in [4.78, 5) is 2.42. The summed E-state index contributed by atoms with van der Waals surface area (Å²) in [5, 5.41) is 0. The maximum Gasteiger partial charge on any atom is 0.282 e. The predicted molar refractivity (Wildman–Crippen MR) is 85.9 cm³/mol. The first-order valence-electron chi connectivity index (χ1n) is 8.71. The molecule has 1 atom stereocenters. The van der Waals surface area contributed by atoms with Gasteiger partial charge in [-0.05, 0) is 38.1 Å². The number of rotatable bonds is 4. The summed E-state index contributed by atoms with van der Waals surface area (Å²) in [6.45, 7) is 7.34. The molecule has 3 saturated heterocycles. The first-order valence-corrected chi connectivity index (χ1v) is 10.1. The normalized spacial score (nSPS) is 30.5. The van der Waals surface area contributed by atoms with Crippen LogP contribution in [0.3, 0.4) is 0 Å². The molecule has 6 nitrogen and oxygen atoms in total. The van der Waals surface area contributed by atoms with E-state index in [4.69, 9.17) is 4.74 Å². The van der Waals surface area contributed by atoms with Gasteiger partial charge in [-0.2, -0.15) is 17.0 Å². The SMILES string of the molecule is O=S(=O)(N1CCCCC1)N1CCCN(CC2CCOC2)CC1. The van der Waals surface area contributed by atoms with E-state index in [0.717, 1.165) is 65.0 Å². The van der Waals surface area contributed by atoms with Crippen molar-refractivity contribution >= 4 is 10.2 Å². The van der Waals surface area contributed by atoms with Crippen LogP contribution < -0.4 is 0 Å². The van der Waals surface area contributed by atoms with E-state index in [1.165, 1.54) is 0 Å². The molecule has 3 heterocycles. The van der Waals surface area contributed by atoms with Gasteiger partial charge in [0.25, 0.3) is 10.2 Å². The van der Waals surface area contributed by atoms with Gasteiger partial charge in [-0.1, -0.05) is 6.42 Å². The van der Waals surface area contributed by atoms with Crippen LogP contribution in [0.15, 0.2) is 0 Å². The molecule has 3 rings (SSSR count). The molecule has 0 aromatic carbocycles. The third-order valence-electron chi connectivity index (χ3n) is 5.06. The molecule has 0 bridgehead atoms. The van der Waals surface area contributed by atoms with Crippen molar-refractivity contribution in [2.45, 2.75) is 32.1 Å². The Balaban J connectivity index is 1.54. The molecule has 22 heavy (non-hydrogen) atoms. The highest BCUT2D eigenvalue weighted by Crippen LogP contribution is 2.19. The highest BCUT2D eigenvalue weighted by Gasteiger charge is 2.32. The quantitative estimate of drug-likeness (QED) is 0.763. The van der Waals surface area contributed by atoms with Crippen LogP contribution in [0.2, 0.25) is 0 Å². The summed E-state index contributed by atoms with van der Waals surface area (Å²) in [6.07, 6.45) is 5.23. The van der Waals surface area contributed by atoms with Gasteiger partial charge in [0.2, 0.25) is 0 Å². The van der Waals surface area contributed by atoms with Crippen LogP contribution in [0.5, 0.6) is 0 Å². The molecular weight excluding hydrogens is 302 g/mol. The average Bonchev–Trinajstić information content (AvgIpc) is 2.92. The molecule has 0 aromatic heterocycles. The molecule has 0 N–H and O–H groups in total. The molecule has 1 unspecified atom stereocenters. The van der Waals surface area contributed by atoms with Crippen molar-refractivity contribution in [2.24, 2.45) is 5.92 Å². The fraction of sp³-hybridized carbons (Fsp3) is 1.00. The summed E-state index contributed by atoms with van der Waals surface area (Å²) in [5.74, 6) is 0.630. The topological polar surface area (TPSA) is 53.1 Å². The van der Waals surface area contributed by atoms with Gasteiger partial charge in [0.1, 0.15) is 0 Å². The van der Waals surface area contributed by atoms with E-state index in [0.29, 0.717) is 32.1 Å². The van der Waals surface area contributed by atoms with Crippen LogP contribution in [0.25, 0.3) is 0 Å². The second-order valence-electron chi connectivity index (χ2n) is 6.75. The lowest BCUT2D eigenvalue weighted by molar-refractivity contribution is 0.168. The van der Waals surface area contributed by atoms with Crippen LogP contribution in [0, 0.1) is 5.92 Å². The molecule has 0 aromatic rings. The molecule has 0 spiro atoms. The van der Waals surface area contributed by atoms with E-state index >= 15 is 0 Å². The minimum absolute atomic E-state index is 0.630. The molecule has 0 aliphatic carbocycles. The van der Waals surface area contributed by atoms with E-state index in [1.54, 1.807) is 8.61 Å². The van der Waals surface area contributed by atoms with Gasteiger partial charge < -0.3 is 9.64 Å². The lowest BCUT2D eigenvalue weighted by atomic mass is 10.1. The molecule has 0 saturated carbocycles. The zero-order valence-corrected chi connectivity index (χ0v) is 14.3. The third kappa shape index (κ3) is 4.00. The van der Waals surface area contributed by atoms with Crippen molar-refractivity contribution < 1.29 is 13.2 Å². The zero-order chi connectivity index (χ0) is 15.4. The molecule has 0 amide bonds. The minimum Gasteiger partial charge on any atom is -0.381 e. The third-order valence-corrected chi connectivity index (χ3v) is 7.09. The Morgan fingerprint density at radius 2 is 1.59 bits per heavy atom. The van der Waals surface area contributed by atoms with E-state index in [9.17, 15) is 8.42 Å². The summed E-state index contributed by atoms with van der Waals surface area (Å²) < 4.78 is 34.4. The maximum atomic E-state index is 12.8. The number of nitrogens with zero attached hydrogens (tertiary/aromatic N) is 3. The lowest BCUT2D eigenvalue weighted by Gasteiger charge is -2.31. The van der Waals surface area contributed by atoms with Crippen molar-refractivity contribution in [1.29, 1.82) is 0 Å². The first kappa shape index (κ1) is 16.6. The van der Waals surface area contributed by atoms with E-state index in [1.807, 2.05) is 0 Å². The van der Waals surface area contributed by atoms with Crippen molar-refractivity contribution in [1.82, 2.24) is 13.5 Å². The average molecular weight is 331 g/mol. The molecular formula is C15H29N3O3S. The second kappa shape index (κ2) is 7.57. The Kier molecular flexibility index (Phi) is 5.73. The highest BCUT2D eigenvalue weighted by molar-refractivity contribution is 7.86. The van der Waals surface area contributed by atoms with Gasteiger partial charge in [0.05, 0.1) is 6.61 Å². The van der Waals surface area contributed by atoms with E-state index in [2.05, 4.69) is 4.90 Å². The monoisotopic (exact) mass is 331 g/mol. The van der Waals surface area contributed by atoms with Gasteiger partial charge >= 0.3 is 0 Å². The summed E-state index contributed by atoms with van der Waals surface area (Å²) in [7, 11) is -3.24. The Bertz CT molecular complexity index is 445. The molecule has 3 aliphatic heterocycles. The smallest absolute Gasteiger partial charge is 0.282 e. The number of ether oxygens (including phenoxy) is 1. The number of hydrogen-bond donors (Lipinski definition) is 0. The fourth-order valence-corrected chi connectivity index (χ4v) is 5.43. The summed E-state index contributed by atoms with van der Waals surface area (Å²) in [6, 6.07) is 0. The van der Waals surface area contributed by atoms with Gasteiger partial charge in [0, 0.05) is 45.9 Å². The fourth-order valence-electron chi connectivity index (χ4n) is 3.71. The first-order chi connectivity index (χ1) is 10.7. The number of piperidine rings is 1.